The Bertz CT molecular complexity index is 1070. The highest BCUT2D eigenvalue weighted by atomic mass is 28.4. The number of hydrogen-bond donors (Lipinski definition) is 0. The molecule has 0 unspecified atom stereocenters. The molecule has 1 heterocycles. The molecule has 51 heavy (non-hydrogen) atoms. The molecule has 0 spiro atoms. The van der Waals surface area contributed by atoms with E-state index in [1.165, 1.54) is 0 Å². The largest absolute Gasteiger partial charge is 0.464 e. The number of esters is 2. The maximum atomic E-state index is 14.4. The van der Waals surface area contributed by atoms with E-state index in [1.807, 2.05) is 0 Å². The minimum absolute atomic E-state index is 0.140. The predicted octanol–water partition coefficient (Wildman–Crippen LogP) is 9.42. The Morgan fingerprint density at radius 3 is 0.961 bits per heavy atom. The summed E-state index contributed by atoms with van der Waals surface area (Å²) >= 11 is 0. The molecule has 0 radical (unpaired) electrons. The summed E-state index contributed by atoms with van der Waals surface area (Å²) < 4.78 is 54.1. The number of ether oxygens (including phenoxy) is 4. The van der Waals surface area contributed by atoms with E-state index in [-0.39, 0.29) is 46.6 Å². The molecule has 4 atom stereocenters. The Labute approximate surface area is 316 Å². The summed E-state index contributed by atoms with van der Waals surface area (Å²) in [7, 11) is -10.9. The van der Waals surface area contributed by atoms with Gasteiger partial charge in [0.25, 0.3) is 0 Å². The number of rotatable bonds is 16. The predicted molar refractivity (Wildman–Crippen MR) is 216 cm³/mol. The quantitative estimate of drug-likeness (QED) is 0.111. The van der Waals surface area contributed by atoms with Gasteiger partial charge in [-0.05, 0) is 86.4 Å². The lowest BCUT2D eigenvalue weighted by molar-refractivity contribution is -0.289. The molecule has 0 aromatic heterocycles. The molecule has 0 amide bonds. The van der Waals surface area contributed by atoms with Crippen molar-refractivity contribution in [3.05, 3.63) is 0 Å². The van der Waals surface area contributed by atoms with Crippen molar-refractivity contribution < 1.29 is 46.2 Å². The molecule has 10 nitrogen and oxygen atoms in total. The minimum atomic E-state index is -2.76. The zero-order chi connectivity index (χ0) is 40.4. The molecule has 0 aromatic rings. The van der Waals surface area contributed by atoms with Gasteiger partial charge in [0, 0.05) is 0 Å². The van der Waals surface area contributed by atoms with Crippen LogP contribution in [0, 0.1) is 0 Å². The lowest BCUT2D eigenvalue weighted by Crippen LogP contribution is -2.71. The Morgan fingerprint density at radius 1 is 0.510 bits per heavy atom. The van der Waals surface area contributed by atoms with E-state index >= 15 is 0 Å². The first-order valence-electron chi connectivity index (χ1n) is 18.9. The van der Waals surface area contributed by atoms with E-state index in [9.17, 15) is 9.59 Å². The molecule has 0 bridgehead atoms. The second-order valence-corrected chi connectivity index (χ2v) is 39.1. The highest BCUT2D eigenvalue weighted by Gasteiger charge is 2.65. The van der Waals surface area contributed by atoms with Crippen LogP contribution in [0.2, 0.25) is 72.5 Å². The molecular formula is C37H78O10Si4. The third kappa shape index (κ3) is 11.5. The molecule has 1 rings (SSSR count). The van der Waals surface area contributed by atoms with E-state index in [1.54, 1.807) is 13.8 Å². The van der Waals surface area contributed by atoms with E-state index < -0.39 is 75.4 Å². The second kappa shape index (κ2) is 16.7. The molecule has 0 saturated carbocycles. The van der Waals surface area contributed by atoms with Crippen molar-refractivity contribution in [1.82, 2.24) is 0 Å². The highest BCUT2D eigenvalue weighted by molar-refractivity contribution is 6.75. The topological polar surface area (TPSA) is 108 Å². The zero-order valence-corrected chi connectivity index (χ0v) is 40.7. The van der Waals surface area contributed by atoms with E-state index in [0.717, 1.165) is 0 Å². The van der Waals surface area contributed by atoms with Gasteiger partial charge in [-0.15, -0.1) is 0 Å². The van der Waals surface area contributed by atoms with Gasteiger partial charge in [-0.2, -0.15) is 0 Å². The average molecular weight is 795 g/mol. The monoisotopic (exact) mass is 794 g/mol. The van der Waals surface area contributed by atoms with Gasteiger partial charge in [0.2, 0.25) is 5.79 Å². The van der Waals surface area contributed by atoms with Gasteiger partial charge in [-0.25, -0.2) is 9.59 Å². The van der Waals surface area contributed by atoms with Crippen LogP contribution in [0.1, 0.15) is 96.9 Å². The number of hydrogen-bond acceptors (Lipinski definition) is 10. The van der Waals surface area contributed by atoms with Crippen LogP contribution in [0.4, 0.5) is 0 Å². The molecular weight excluding hydrogens is 717 g/mol. The molecule has 14 heteroatoms. The smallest absolute Gasteiger partial charge is 0.336 e. The summed E-state index contributed by atoms with van der Waals surface area (Å²) in [6.45, 7) is 46.6. The summed E-state index contributed by atoms with van der Waals surface area (Å²) in [6, 6.07) is 0. The molecule has 302 valence electrons. The van der Waals surface area contributed by atoms with E-state index in [4.69, 9.17) is 36.7 Å². The first kappa shape index (κ1) is 48.6. The summed E-state index contributed by atoms with van der Waals surface area (Å²) in [5.74, 6) is -2.97. The molecule has 1 aliphatic rings. The van der Waals surface area contributed by atoms with Gasteiger partial charge in [-0.1, -0.05) is 83.1 Å². The third-order valence-electron chi connectivity index (χ3n) is 12.0. The summed E-state index contributed by atoms with van der Waals surface area (Å²) in [5, 5.41) is -1.09. The van der Waals surface area contributed by atoms with Crippen LogP contribution in [0.25, 0.3) is 0 Å². The van der Waals surface area contributed by atoms with Crippen LogP contribution >= 0.6 is 0 Å². The van der Waals surface area contributed by atoms with Gasteiger partial charge in [-0.3, -0.25) is 0 Å². The summed E-state index contributed by atoms with van der Waals surface area (Å²) in [4.78, 5) is 28.8. The maximum Gasteiger partial charge on any atom is 0.336 e. The zero-order valence-electron chi connectivity index (χ0n) is 36.7. The van der Waals surface area contributed by atoms with E-state index in [2.05, 4.69) is 135 Å². The van der Waals surface area contributed by atoms with Crippen LogP contribution in [0.3, 0.4) is 0 Å². The van der Waals surface area contributed by atoms with Gasteiger partial charge in [0.05, 0.1) is 26.4 Å². The number of carbonyl (C=O) groups excluding carboxylic acids is 2. The Morgan fingerprint density at radius 2 is 0.745 bits per heavy atom. The molecule has 1 fully saturated rings. The van der Waals surface area contributed by atoms with Crippen molar-refractivity contribution in [2.24, 2.45) is 0 Å². The average Bonchev–Trinajstić information content (AvgIpc) is 3.41. The van der Waals surface area contributed by atoms with Crippen molar-refractivity contribution in [1.29, 1.82) is 0 Å². The minimum Gasteiger partial charge on any atom is -0.464 e. The number of carbonyl (C=O) groups is 2. The van der Waals surface area contributed by atoms with Gasteiger partial charge in [0.15, 0.2) is 45.5 Å². The fourth-order valence-electron chi connectivity index (χ4n) is 4.54. The molecule has 0 N–H and O–H groups in total. The molecule has 1 saturated heterocycles. The van der Waals surface area contributed by atoms with Crippen molar-refractivity contribution in [3.63, 3.8) is 0 Å². The van der Waals surface area contributed by atoms with Crippen molar-refractivity contribution >= 4 is 45.2 Å². The fraction of sp³-hybridized carbons (Fsp3) is 0.946. The van der Waals surface area contributed by atoms with Crippen LogP contribution in [0.5, 0.6) is 0 Å². The summed E-state index contributed by atoms with van der Waals surface area (Å²) in [5.41, 5.74) is 0. The van der Waals surface area contributed by atoms with Crippen LogP contribution in [0.15, 0.2) is 0 Å². The Balaban J connectivity index is 4.52. The lowest BCUT2D eigenvalue weighted by Gasteiger charge is -2.53. The third-order valence-corrected chi connectivity index (χ3v) is 29.9. The molecule has 0 aromatic carbocycles. The Kier molecular flexibility index (Phi) is 16.0. The lowest BCUT2D eigenvalue weighted by atomic mass is 9.94. The first-order valence-corrected chi connectivity index (χ1v) is 30.5. The standard InChI is InChI=1S/C37H78O10Si4/c1-23-40-31(38)27(44-48(15,16)33(3,4)5)29(46-50(19,20)35(9,10)11)37(42-25-26-43-37)30(47-51(21,22)36(12,13)14)28(32(39)41-24-2)45-49(17,18)34(6,7)8/h27-30H,23-26H2,1-22H3/t27-,28-,29-,30-/m0/s1. The Hall–Kier alpha value is -0.432. The molecule has 0 aliphatic carbocycles. The van der Waals surface area contributed by atoms with Gasteiger partial charge < -0.3 is 36.7 Å². The van der Waals surface area contributed by atoms with Crippen LogP contribution < -0.4 is 0 Å². The first-order chi connectivity index (χ1) is 22.6. The maximum absolute atomic E-state index is 14.4. The van der Waals surface area contributed by atoms with E-state index in [0.29, 0.717) is 0 Å². The fourth-order valence-corrected chi connectivity index (χ4v) is 9.51. The summed E-state index contributed by atoms with van der Waals surface area (Å²) in [6.07, 6.45) is -4.91. The normalized spacial score (nSPS) is 19.3. The van der Waals surface area contributed by atoms with Gasteiger partial charge >= 0.3 is 11.9 Å². The van der Waals surface area contributed by atoms with Crippen LogP contribution in [-0.4, -0.2) is 102 Å². The van der Waals surface area contributed by atoms with Gasteiger partial charge in [0.1, 0.15) is 12.2 Å². The SMILES string of the molecule is CCOC(=O)[C@@H](O[Si](C)(C)C(C)(C)C)[C@H](O[Si](C)(C)C(C)(C)C)C1([C@@H](O[Si](C)(C)C(C)(C)C)[C@H](O[Si](C)(C)C(C)(C)C)C(=O)OCC)OCCO1. The van der Waals surface area contributed by atoms with Crippen molar-refractivity contribution in [2.45, 2.75) is 200 Å². The van der Waals surface area contributed by atoms with Crippen molar-refractivity contribution in [3.8, 4) is 0 Å². The van der Waals surface area contributed by atoms with Crippen LogP contribution in [-0.2, 0) is 46.2 Å². The highest BCUT2D eigenvalue weighted by Crippen LogP contribution is 2.49. The molecule has 1 aliphatic heterocycles. The second-order valence-electron chi connectivity index (χ2n) is 20.1. The van der Waals surface area contributed by atoms with Crippen molar-refractivity contribution in [2.75, 3.05) is 26.4 Å².